The number of fused-ring (bicyclic) bond motifs is 1. The van der Waals surface area contributed by atoms with Crippen LogP contribution < -0.4 is 16.0 Å². The van der Waals surface area contributed by atoms with E-state index in [1.54, 1.807) is 6.33 Å². The summed E-state index contributed by atoms with van der Waals surface area (Å²) in [6.07, 6.45) is 1.57. The predicted octanol–water partition coefficient (Wildman–Crippen LogP) is 2.43. The van der Waals surface area contributed by atoms with Gasteiger partial charge in [0, 0.05) is 19.8 Å². The van der Waals surface area contributed by atoms with E-state index in [9.17, 15) is 0 Å². The molecule has 2 aromatic carbocycles. The van der Waals surface area contributed by atoms with E-state index in [-0.39, 0.29) is 18.1 Å². The van der Waals surface area contributed by atoms with Crippen LogP contribution in [-0.4, -0.2) is 34.9 Å². The minimum Gasteiger partial charge on any atom is -0.378 e. The van der Waals surface area contributed by atoms with E-state index in [1.807, 2.05) is 37.0 Å². The minimum absolute atomic E-state index is 0.0295. The molecular formula is C19H22N6. The summed E-state index contributed by atoms with van der Waals surface area (Å²) >= 11 is 0. The van der Waals surface area contributed by atoms with E-state index in [0.717, 1.165) is 22.8 Å². The molecule has 1 aliphatic heterocycles. The zero-order chi connectivity index (χ0) is 17.4. The first kappa shape index (κ1) is 15.7. The monoisotopic (exact) mass is 334 g/mol. The summed E-state index contributed by atoms with van der Waals surface area (Å²) in [5.74, 6) is 0.747. The second-order valence-corrected chi connectivity index (χ2v) is 6.57. The highest BCUT2D eigenvalue weighted by molar-refractivity contribution is 5.49. The molecule has 1 aromatic heterocycles. The molecule has 2 heterocycles. The molecule has 0 bridgehead atoms. The van der Waals surface area contributed by atoms with Crippen molar-refractivity contribution >= 4 is 11.6 Å². The van der Waals surface area contributed by atoms with Gasteiger partial charge in [-0.2, -0.15) is 10.1 Å². The topological polar surface area (TPSA) is 72.0 Å². The lowest BCUT2D eigenvalue weighted by Gasteiger charge is -2.37. The van der Waals surface area contributed by atoms with Crippen LogP contribution >= 0.6 is 0 Å². The minimum atomic E-state index is -0.165. The zero-order valence-electron chi connectivity index (χ0n) is 14.4. The molecule has 6 nitrogen and oxygen atoms in total. The standard InChI is InChI=1S/C19H22N6/c1-24(2)15-10-8-13(9-11-15)17-16(20)18(14-6-4-3-5-7-14)25-19(23-17)21-12-22-25/h3-12,16-18H,20H2,1-2H3,(H,21,22,23)/t16-,17+,18-/m1/s1. The van der Waals surface area contributed by atoms with Crippen molar-refractivity contribution in [1.29, 1.82) is 0 Å². The Morgan fingerprint density at radius 3 is 2.40 bits per heavy atom. The van der Waals surface area contributed by atoms with E-state index in [1.165, 1.54) is 0 Å². The summed E-state index contributed by atoms with van der Waals surface area (Å²) < 4.78 is 1.88. The van der Waals surface area contributed by atoms with E-state index in [4.69, 9.17) is 5.73 Å². The SMILES string of the molecule is CN(C)c1ccc([C@@H]2Nc3ncnn3[C@H](c3ccccc3)[C@@H]2N)cc1. The molecule has 128 valence electrons. The molecule has 0 spiro atoms. The van der Waals surface area contributed by atoms with Gasteiger partial charge in [-0.3, -0.25) is 0 Å². The average Bonchev–Trinajstić information content (AvgIpc) is 3.10. The highest BCUT2D eigenvalue weighted by Gasteiger charge is 2.37. The third-order valence-corrected chi connectivity index (χ3v) is 4.78. The van der Waals surface area contributed by atoms with Gasteiger partial charge in [-0.05, 0) is 23.3 Å². The molecule has 0 radical (unpaired) electrons. The summed E-state index contributed by atoms with van der Waals surface area (Å²) in [6.45, 7) is 0. The Balaban J connectivity index is 1.73. The van der Waals surface area contributed by atoms with Crippen LogP contribution in [0.25, 0.3) is 0 Å². The number of nitrogens with zero attached hydrogens (tertiary/aromatic N) is 4. The normalized spacial score (nSPS) is 22.1. The molecule has 0 saturated carbocycles. The van der Waals surface area contributed by atoms with Crippen LogP contribution in [0.15, 0.2) is 60.9 Å². The lowest BCUT2D eigenvalue weighted by molar-refractivity contribution is 0.371. The van der Waals surface area contributed by atoms with Crippen LogP contribution in [0, 0.1) is 0 Å². The van der Waals surface area contributed by atoms with Crippen molar-refractivity contribution in [3.63, 3.8) is 0 Å². The fourth-order valence-electron chi connectivity index (χ4n) is 3.44. The Kier molecular flexibility index (Phi) is 3.89. The molecule has 1 aliphatic rings. The van der Waals surface area contributed by atoms with Crippen LogP contribution in [0.5, 0.6) is 0 Å². The molecule has 3 atom stereocenters. The Bertz CT molecular complexity index is 840. The highest BCUT2D eigenvalue weighted by atomic mass is 15.4. The van der Waals surface area contributed by atoms with Crippen molar-refractivity contribution in [2.75, 3.05) is 24.3 Å². The fourth-order valence-corrected chi connectivity index (χ4v) is 3.44. The quantitative estimate of drug-likeness (QED) is 0.770. The van der Waals surface area contributed by atoms with E-state index in [0.29, 0.717) is 0 Å². The number of hydrogen-bond donors (Lipinski definition) is 2. The maximum Gasteiger partial charge on any atom is 0.222 e. The molecule has 0 aliphatic carbocycles. The lowest BCUT2D eigenvalue weighted by Crippen LogP contribution is -2.46. The summed E-state index contributed by atoms with van der Waals surface area (Å²) in [4.78, 5) is 6.45. The van der Waals surface area contributed by atoms with Gasteiger partial charge < -0.3 is 16.0 Å². The van der Waals surface area contributed by atoms with Crippen molar-refractivity contribution in [2.45, 2.75) is 18.1 Å². The molecule has 0 fully saturated rings. The van der Waals surface area contributed by atoms with E-state index >= 15 is 0 Å². The number of hydrogen-bond acceptors (Lipinski definition) is 5. The van der Waals surface area contributed by atoms with Crippen LogP contribution in [0.1, 0.15) is 23.2 Å². The summed E-state index contributed by atoms with van der Waals surface area (Å²) in [5.41, 5.74) is 10.1. The largest absolute Gasteiger partial charge is 0.378 e. The molecule has 0 saturated heterocycles. The van der Waals surface area contributed by atoms with Crippen LogP contribution in [0.4, 0.5) is 11.6 Å². The third kappa shape index (κ3) is 2.74. The van der Waals surface area contributed by atoms with E-state index < -0.39 is 0 Å². The van der Waals surface area contributed by atoms with Gasteiger partial charge in [0.2, 0.25) is 5.95 Å². The average molecular weight is 334 g/mol. The van der Waals surface area contributed by atoms with E-state index in [2.05, 4.69) is 56.7 Å². The van der Waals surface area contributed by atoms with Gasteiger partial charge >= 0.3 is 0 Å². The second-order valence-electron chi connectivity index (χ2n) is 6.57. The molecule has 3 N–H and O–H groups in total. The van der Waals surface area contributed by atoms with Crippen molar-refractivity contribution in [2.24, 2.45) is 5.73 Å². The van der Waals surface area contributed by atoms with Crippen LogP contribution in [0.2, 0.25) is 0 Å². The molecule has 3 aromatic rings. The smallest absolute Gasteiger partial charge is 0.222 e. The first-order chi connectivity index (χ1) is 12.1. The lowest BCUT2D eigenvalue weighted by atomic mass is 9.89. The van der Waals surface area contributed by atoms with Gasteiger partial charge in [0.15, 0.2) is 0 Å². The molecule has 0 amide bonds. The maximum absolute atomic E-state index is 6.70. The highest BCUT2D eigenvalue weighted by Crippen LogP contribution is 2.36. The number of nitrogens with two attached hydrogens (primary N) is 1. The van der Waals surface area contributed by atoms with Crippen molar-refractivity contribution < 1.29 is 0 Å². The van der Waals surface area contributed by atoms with Gasteiger partial charge in [0.05, 0.1) is 18.1 Å². The second kappa shape index (κ2) is 6.22. The van der Waals surface area contributed by atoms with Gasteiger partial charge in [0.25, 0.3) is 0 Å². The molecular weight excluding hydrogens is 312 g/mol. The Morgan fingerprint density at radius 2 is 1.72 bits per heavy atom. The number of benzene rings is 2. The molecule has 4 rings (SSSR count). The Hall–Kier alpha value is -2.86. The third-order valence-electron chi connectivity index (χ3n) is 4.78. The fraction of sp³-hybridized carbons (Fsp3) is 0.263. The number of anilines is 2. The maximum atomic E-state index is 6.70. The van der Waals surface area contributed by atoms with Crippen LogP contribution in [0.3, 0.4) is 0 Å². The van der Waals surface area contributed by atoms with Crippen LogP contribution in [-0.2, 0) is 0 Å². The van der Waals surface area contributed by atoms with Gasteiger partial charge in [-0.1, -0.05) is 42.5 Å². The summed E-state index contributed by atoms with van der Waals surface area (Å²) in [7, 11) is 4.07. The number of nitrogens with one attached hydrogen (secondary N) is 1. The van der Waals surface area contributed by atoms with Crippen molar-refractivity contribution in [3.05, 3.63) is 72.1 Å². The predicted molar refractivity (Wildman–Crippen MR) is 99.7 cm³/mol. The zero-order valence-corrected chi connectivity index (χ0v) is 14.4. The number of aromatic nitrogens is 3. The van der Waals surface area contributed by atoms with Crippen molar-refractivity contribution in [3.8, 4) is 0 Å². The number of rotatable bonds is 3. The summed E-state index contributed by atoms with van der Waals surface area (Å²) in [5, 5.41) is 7.83. The Morgan fingerprint density at radius 1 is 1.00 bits per heavy atom. The Labute approximate surface area is 147 Å². The summed E-state index contributed by atoms with van der Waals surface area (Å²) in [6, 6.07) is 18.5. The molecule has 6 heteroatoms. The van der Waals surface area contributed by atoms with Gasteiger partial charge in [0.1, 0.15) is 6.33 Å². The van der Waals surface area contributed by atoms with Gasteiger partial charge in [-0.15, -0.1) is 0 Å². The first-order valence-electron chi connectivity index (χ1n) is 8.39. The van der Waals surface area contributed by atoms with Crippen molar-refractivity contribution in [1.82, 2.24) is 14.8 Å². The first-order valence-corrected chi connectivity index (χ1v) is 8.39. The molecule has 25 heavy (non-hydrogen) atoms. The molecule has 0 unspecified atom stereocenters. The van der Waals surface area contributed by atoms with Gasteiger partial charge in [-0.25, -0.2) is 4.68 Å².